The molecule has 1 aliphatic heterocycles. The minimum atomic E-state index is -1.48. The van der Waals surface area contributed by atoms with E-state index in [9.17, 15) is 24.6 Å². The van der Waals surface area contributed by atoms with Crippen LogP contribution in [0.4, 0.5) is 0 Å². The van der Waals surface area contributed by atoms with Crippen LogP contribution in [0, 0.1) is 0 Å². The molecular formula is C16H25N3O8S. The number of rotatable bonds is 10. The van der Waals surface area contributed by atoms with Gasteiger partial charge in [-0.1, -0.05) is 18.2 Å². The van der Waals surface area contributed by atoms with Gasteiger partial charge in [-0.2, -0.15) is 9.78 Å². The van der Waals surface area contributed by atoms with Crippen molar-refractivity contribution in [1.82, 2.24) is 14.8 Å². The molecular weight excluding hydrogens is 394 g/mol. The molecule has 12 heteroatoms. The van der Waals surface area contributed by atoms with E-state index in [0.717, 1.165) is 29.3 Å². The number of aromatic nitrogens is 3. The fourth-order valence-electron chi connectivity index (χ4n) is 2.70. The van der Waals surface area contributed by atoms with Crippen LogP contribution in [0.2, 0.25) is 0 Å². The molecule has 2 heterocycles. The topological polar surface area (TPSA) is 164 Å². The van der Waals surface area contributed by atoms with Crippen molar-refractivity contribution in [3.63, 3.8) is 0 Å². The summed E-state index contributed by atoms with van der Waals surface area (Å²) in [4.78, 5) is 37.3. The van der Waals surface area contributed by atoms with Crippen LogP contribution in [0.1, 0.15) is 38.8 Å². The van der Waals surface area contributed by atoms with Gasteiger partial charge in [0.15, 0.2) is 11.3 Å². The van der Waals surface area contributed by atoms with Crippen molar-refractivity contribution in [1.29, 1.82) is 0 Å². The number of thioether (sulfide) groups is 1. The lowest BCUT2D eigenvalue weighted by Crippen LogP contribution is -2.40. The zero-order valence-corrected chi connectivity index (χ0v) is 16.3. The Hall–Kier alpha value is -1.73. The van der Waals surface area contributed by atoms with E-state index in [1.807, 2.05) is 0 Å². The lowest BCUT2D eigenvalue weighted by Gasteiger charge is -2.16. The number of carbonyl (C=O) groups is 1. The highest BCUT2D eigenvalue weighted by atomic mass is 32.2. The van der Waals surface area contributed by atoms with Crippen molar-refractivity contribution >= 4 is 17.7 Å². The maximum absolute atomic E-state index is 12.0. The summed E-state index contributed by atoms with van der Waals surface area (Å²) in [5, 5.41) is 33.0. The first-order valence-electron chi connectivity index (χ1n) is 9.03. The summed E-state index contributed by atoms with van der Waals surface area (Å²) in [7, 11) is 0. The first kappa shape index (κ1) is 22.6. The molecule has 1 fully saturated rings. The number of hydrogen-bond acceptors (Lipinski definition) is 10. The summed E-state index contributed by atoms with van der Waals surface area (Å²) >= 11 is 1.13. The van der Waals surface area contributed by atoms with Gasteiger partial charge in [-0.25, -0.2) is 4.79 Å². The quantitative estimate of drug-likeness (QED) is 0.205. The third kappa shape index (κ3) is 5.64. The van der Waals surface area contributed by atoms with Crippen molar-refractivity contribution in [2.75, 3.05) is 19.0 Å². The minimum absolute atomic E-state index is 0.0164. The monoisotopic (exact) mass is 419 g/mol. The van der Waals surface area contributed by atoms with Crippen LogP contribution in [0.25, 0.3) is 0 Å². The van der Waals surface area contributed by atoms with Crippen molar-refractivity contribution < 1.29 is 29.6 Å². The number of aromatic amines is 1. The second kappa shape index (κ2) is 10.7. The van der Waals surface area contributed by atoms with Crippen molar-refractivity contribution in [3.05, 3.63) is 20.8 Å². The number of ether oxygens (including phenoxy) is 2. The van der Waals surface area contributed by atoms with E-state index in [1.54, 1.807) is 6.92 Å². The van der Waals surface area contributed by atoms with E-state index in [0.29, 0.717) is 25.2 Å². The van der Waals surface area contributed by atoms with E-state index in [-0.39, 0.29) is 11.0 Å². The van der Waals surface area contributed by atoms with Crippen molar-refractivity contribution in [3.8, 4) is 0 Å². The SMILES string of the molecule is CCOC(=O)CCCCCSc1nn(C2OC(CO)C(O)C2O)c(=O)[nH]c1=O. The summed E-state index contributed by atoms with van der Waals surface area (Å²) in [5.74, 6) is 0.298. The van der Waals surface area contributed by atoms with Crippen LogP contribution in [0.3, 0.4) is 0 Å². The molecule has 0 aromatic carbocycles. The lowest BCUT2D eigenvalue weighted by atomic mass is 10.1. The standard InChI is InChI=1S/C16H25N3O8S/c1-2-26-10(21)6-4-3-5-7-28-14-13(24)17-16(25)19(18-14)15-12(23)11(22)9(8-20)27-15/h9,11-12,15,20,22-23H,2-8H2,1H3,(H,17,24,25). The number of H-pyrrole nitrogens is 1. The predicted octanol–water partition coefficient (Wildman–Crippen LogP) is -1.24. The molecule has 0 aliphatic carbocycles. The maximum Gasteiger partial charge on any atom is 0.347 e. The van der Waals surface area contributed by atoms with Crippen molar-refractivity contribution in [2.45, 2.75) is 62.2 Å². The van der Waals surface area contributed by atoms with Gasteiger partial charge in [-0.3, -0.25) is 14.6 Å². The van der Waals surface area contributed by atoms with Gasteiger partial charge in [0, 0.05) is 6.42 Å². The Labute approximate surface area is 164 Å². The van der Waals surface area contributed by atoms with Crippen LogP contribution >= 0.6 is 11.8 Å². The minimum Gasteiger partial charge on any atom is -0.466 e. The van der Waals surface area contributed by atoms with Gasteiger partial charge in [0.25, 0.3) is 5.56 Å². The van der Waals surface area contributed by atoms with Crippen LogP contribution in [-0.4, -0.2) is 73.3 Å². The zero-order valence-electron chi connectivity index (χ0n) is 15.4. The number of carbonyl (C=O) groups excluding carboxylic acids is 1. The van der Waals surface area contributed by atoms with Gasteiger partial charge >= 0.3 is 11.7 Å². The summed E-state index contributed by atoms with van der Waals surface area (Å²) in [6.07, 6.45) is -2.74. The number of aliphatic hydroxyl groups excluding tert-OH is 3. The summed E-state index contributed by atoms with van der Waals surface area (Å²) in [5.41, 5.74) is -1.55. The highest BCUT2D eigenvalue weighted by molar-refractivity contribution is 7.99. The van der Waals surface area contributed by atoms with Crippen LogP contribution in [0.15, 0.2) is 14.6 Å². The average molecular weight is 419 g/mol. The summed E-state index contributed by atoms with van der Waals surface area (Å²) < 4.78 is 10.9. The molecule has 4 unspecified atom stereocenters. The Balaban J connectivity index is 1.94. The van der Waals surface area contributed by atoms with Gasteiger partial charge in [0.1, 0.15) is 18.3 Å². The van der Waals surface area contributed by atoms with Gasteiger partial charge in [0.2, 0.25) is 0 Å². The highest BCUT2D eigenvalue weighted by Gasteiger charge is 2.44. The summed E-state index contributed by atoms with van der Waals surface area (Å²) in [6, 6.07) is 0. The Morgan fingerprint density at radius 2 is 2.04 bits per heavy atom. The van der Waals surface area contributed by atoms with E-state index < -0.39 is 42.4 Å². The largest absolute Gasteiger partial charge is 0.466 e. The second-order valence-electron chi connectivity index (χ2n) is 6.20. The van der Waals surface area contributed by atoms with E-state index in [2.05, 4.69) is 10.1 Å². The molecule has 0 bridgehead atoms. The lowest BCUT2D eigenvalue weighted by molar-refractivity contribution is -0.143. The first-order chi connectivity index (χ1) is 13.4. The third-order valence-corrected chi connectivity index (χ3v) is 5.18. The Morgan fingerprint density at radius 3 is 2.68 bits per heavy atom. The van der Waals surface area contributed by atoms with Crippen LogP contribution in [-0.2, 0) is 14.3 Å². The zero-order chi connectivity index (χ0) is 20.7. The first-order valence-corrected chi connectivity index (χ1v) is 10.0. The van der Waals surface area contributed by atoms with Gasteiger partial charge in [-0.15, -0.1) is 0 Å². The molecule has 1 aromatic rings. The highest BCUT2D eigenvalue weighted by Crippen LogP contribution is 2.27. The fourth-order valence-corrected chi connectivity index (χ4v) is 3.57. The maximum atomic E-state index is 12.0. The number of nitrogens with one attached hydrogen (secondary N) is 1. The van der Waals surface area contributed by atoms with E-state index in [1.165, 1.54) is 0 Å². The molecule has 0 spiro atoms. The molecule has 0 saturated carbocycles. The fraction of sp³-hybridized carbons (Fsp3) is 0.750. The number of esters is 1. The number of hydrogen-bond donors (Lipinski definition) is 4. The molecule has 4 atom stereocenters. The van der Waals surface area contributed by atoms with Gasteiger partial charge < -0.3 is 24.8 Å². The second-order valence-corrected chi connectivity index (χ2v) is 7.29. The van der Waals surface area contributed by atoms with E-state index in [4.69, 9.17) is 14.6 Å². The molecule has 0 amide bonds. The number of aliphatic hydroxyl groups is 3. The molecule has 2 rings (SSSR count). The summed E-state index contributed by atoms with van der Waals surface area (Å²) in [6.45, 7) is 1.56. The Bertz CT molecular complexity index is 767. The average Bonchev–Trinajstić information content (AvgIpc) is 2.94. The smallest absolute Gasteiger partial charge is 0.347 e. The molecule has 0 radical (unpaired) electrons. The Kier molecular flexibility index (Phi) is 8.63. The molecule has 28 heavy (non-hydrogen) atoms. The Morgan fingerprint density at radius 1 is 1.29 bits per heavy atom. The van der Waals surface area contributed by atoms with Crippen molar-refractivity contribution in [2.24, 2.45) is 0 Å². The molecule has 4 N–H and O–H groups in total. The van der Waals surface area contributed by atoms with Crippen LogP contribution < -0.4 is 11.2 Å². The molecule has 1 aliphatic rings. The predicted molar refractivity (Wildman–Crippen MR) is 98.0 cm³/mol. The molecule has 1 saturated heterocycles. The van der Waals surface area contributed by atoms with E-state index >= 15 is 0 Å². The third-order valence-electron chi connectivity index (χ3n) is 4.15. The normalized spacial score (nSPS) is 24.4. The molecule has 158 valence electrons. The van der Waals surface area contributed by atoms with Gasteiger partial charge in [0.05, 0.1) is 13.2 Å². The van der Waals surface area contributed by atoms with Crippen LogP contribution in [0.5, 0.6) is 0 Å². The van der Waals surface area contributed by atoms with Gasteiger partial charge in [-0.05, 0) is 25.5 Å². The molecule has 11 nitrogen and oxygen atoms in total. The molecule has 1 aromatic heterocycles. The number of unbranched alkanes of at least 4 members (excludes halogenated alkanes) is 2. The number of nitrogens with zero attached hydrogens (tertiary/aromatic N) is 2.